The first kappa shape index (κ1) is 22.0. The number of nitrogen functional groups attached to an aromatic ring is 1. The zero-order valence-electron chi connectivity index (χ0n) is 20.0. The quantitative estimate of drug-likeness (QED) is 0.0780. The van der Waals surface area contributed by atoms with Crippen LogP contribution in [0.25, 0.3) is 0 Å². The number of rotatable bonds is 11. The molecular formula is C17H20N6O7S4. The lowest BCUT2D eigenvalue weighted by atomic mass is 10.0. The highest BCUT2D eigenvalue weighted by molar-refractivity contribution is 8.76. The Hall–Kier alpha value is -2.47. The number of aliphatic carboxylic acids is 2. The number of nitrogens with two attached hydrogens (primary N) is 2. The van der Waals surface area contributed by atoms with E-state index >= 15 is 0 Å². The summed E-state index contributed by atoms with van der Waals surface area (Å²) in [7, 11) is -0.555. The van der Waals surface area contributed by atoms with E-state index in [0.29, 0.717) is 5.57 Å². The molecule has 3 rings (SSSR count). The molecule has 2 aliphatic rings. The van der Waals surface area contributed by atoms with Gasteiger partial charge in [-0.25, -0.2) is 9.78 Å². The summed E-state index contributed by atoms with van der Waals surface area (Å²) in [6, 6.07) is -2.17. The van der Waals surface area contributed by atoms with Crippen molar-refractivity contribution in [1.82, 2.24) is 15.2 Å². The number of nitrogens with one attached hydrogen (secondary N) is 1. The second-order valence-corrected chi connectivity index (χ2v) is 11.2. The Labute approximate surface area is 213 Å². The molecule has 2 aliphatic heterocycles. The van der Waals surface area contributed by atoms with Crippen LogP contribution >= 0.6 is 44.7 Å². The number of anilines is 1. The second-order valence-electron chi connectivity index (χ2n) is 6.71. The van der Waals surface area contributed by atoms with E-state index in [1.54, 1.807) is 0 Å². The van der Waals surface area contributed by atoms with Crippen molar-refractivity contribution in [3.8, 4) is 0 Å². The van der Waals surface area contributed by atoms with E-state index in [4.69, 9.17) is 20.7 Å². The highest BCUT2D eigenvalue weighted by atomic mass is 33.1. The topological polar surface area (TPSA) is 211 Å². The zero-order chi connectivity index (χ0) is 27.5. The average molecular weight is 552 g/mol. The molecule has 0 bridgehead atoms. The maximum atomic E-state index is 12.9. The molecule has 0 unspecified atom stereocenters. The molecule has 13 nitrogen and oxygen atoms in total. The maximum absolute atomic E-state index is 12.9. The van der Waals surface area contributed by atoms with E-state index < -0.39 is 54.0 Å². The van der Waals surface area contributed by atoms with Gasteiger partial charge in [-0.1, -0.05) is 26.7 Å². The molecular weight excluding hydrogens is 528 g/mol. The summed E-state index contributed by atoms with van der Waals surface area (Å²) < 4.78 is 21.4. The molecule has 0 spiro atoms. The molecule has 3 heterocycles. The van der Waals surface area contributed by atoms with Gasteiger partial charge < -0.3 is 31.8 Å². The minimum absolute atomic E-state index is 0.0604. The first-order valence-corrected chi connectivity index (χ1v) is 13.6. The number of amides is 2. The van der Waals surface area contributed by atoms with Crippen molar-refractivity contribution in [1.29, 1.82) is 0 Å². The molecule has 34 heavy (non-hydrogen) atoms. The molecule has 1 fully saturated rings. The van der Waals surface area contributed by atoms with E-state index in [-0.39, 0.29) is 33.8 Å². The van der Waals surface area contributed by atoms with Gasteiger partial charge in [-0.05, 0) is 5.57 Å². The summed E-state index contributed by atoms with van der Waals surface area (Å²) in [5.41, 5.74) is 10.7. The fraction of sp³-hybridized carbons (Fsp3) is 0.412. The number of β-lactam (4-membered cyclic amide) rings is 1. The Kier molecular flexibility index (Phi) is 7.32. The first-order valence-electron chi connectivity index (χ1n) is 10.7. The fourth-order valence-corrected chi connectivity index (χ4v) is 7.23. The van der Waals surface area contributed by atoms with E-state index in [1.165, 1.54) is 38.7 Å². The fourth-order valence-electron chi connectivity index (χ4n) is 2.96. The van der Waals surface area contributed by atoms with Crippen LogP contribution < -0.4 is 16.8 Å². The lowest BCUT2D eigenvalue weighted by molar-refractivity contribution is -0.150. The van der Waals surface area contributed by atoms with Crippen molar-refractivity contribution in [3.63, 3.8) is 0 Å². The summed E-state index contributed by atoms with van der Waals surface area (Å²) in [4.78, 5) is 57.9. The Balaban J connectivity index is 1.71. The number of thiazole rings is 1. The summed E-state index contributed by atoms with van der Waals surface area (Å²) in [6.07, 6.45) is 0. The van der Waals surface area contributed by atoms with Gasteiger partial charge in [0, 0.05) is 22.6 Å². The average Bonchev–Trinajstić information content (AvgIpc) is 3.24. The molecule has 0 aromatic carbocycles. The van der Waals surface area contributed by atoms with Crippen molar-refractivity contribution >= 4 is 79.3 Å². The number of fused-ring (bicyclic) bond motifs is 1. The van der Waals surface area contributed by atoms with Gasteiger partial charge in [0.2, 0.25) is 0 Å². The number of hydrogen-bond donors (Lipinski definition) is 5. The van der Waals surface area contributed by atoms with Crippen LogP contribution in [0, 0.1) is 0 Å². The van der Waals surface area contributed by atoms with Crippen molar-refractivity contribution in [2.45, 2.75) is 17.5 Å². The van der Waals surface area contributed by atoms with Crippen LogP contribution in [0.1, 0.15) is 9.81 Å². The van der Waals surface area contributed by atoms with Gasteiger partial charge in [0.15, 0.2) is 10.8 Å². The van der Waals surface area contributed by atoms with Gasteiger partial charge in [0.1, 0.15) is 35.9 Å². The molecule has 0 aliphatic carbocycles. The van der Waals surface area contributed by atoms with Crippen LogP contribution in [0.5, 0.6) is 0 Å². The molecule has 7 N–H and O–H groups in total. The molecule has 0 radical (unpaired) electrons. The van der Waals surface area contributed by atoms with Crippen molar-refractivity contribution < 1.29 is 38.3 Å². The molecule has 0 saturated carbocycles. The normalized spacial score (nSPS) is 22.6. The molecule has 17 heteroatoms. The number of carbonyl (C=O) groups is 4. The Morgan fingerprint density at radius 1 is 1.47 bits per heavy atom. The highest BCUT2D eigenvalue weighted by Gasteiger charge is 2.54. The standard InChI is InChI=1S/C17H20N6O7S4/c1-30-22-9(8-5-32-17(19)20-8)12(24)21-10-13(25)23-11(16(28)29)6(2-31-14(10)23)3-33-34-4-7(18)15(26)27/h5,7,10,14H,2-4,18H2,1H3,(H2,19,20)(H,21,24)(H,26,27)(H,28,29)/b22-9+/t7-,10+,14+/m0/s1/i1D3. The Bertz CT molecular complexity index is 1160. The third-order valence-corrected chi connectivity index (χ3v) is 8.94. The van der Waals surface area contributed by atoms with Crippen molar-refractivity contribution in [3.05, 3.63) is 22.3 Å². The number of nitrogens with zero attached hydrogens (tertiary/aromatic N) is 3. The number of aromatic nitrogens is 1. The first-order chi connectivity index (χ1) is 17.3. The van der Waals surface area contributed by atoms with Gasteiger partial charge >= 0.3 is 11.9 Å². The van der Waals surface area contributed by atoms with Crippen LogP contribution in [-0.2, 0) is 24.0 Å². The molecule has 3 atom stereocenters. The summed E-state index contributed by atoms with van der Waals surface area (Å²) in [5, 5.41) is 25.1. The van der Waals surface area contributed by atoms with E-state index in [2.05, 4.69) is 20.3 Å². The van der Waals surface area contributed by atoms with E-state index in [9.17, 15) is 24.3 Å². The van der Waals surface area contributed by atoms with Crippen molar-refractivity contribution in [2.24, 2.45) is 10.9 Å². The molecule has 1 saturated heterocycles. The largest absolute Gasteiger partial charge is 0.480 e. The number of thioether (sulfide) groups is 1. The number of carboxylic acid groups (broad SMARTS) is 2. The van der Waals surface area contributed by atoms with Gasteiger partial charge in [0.25, 0.3) is 11.8 Å². The summed E-state index contributed by atoms with van der Waals surface area (Å²) >= 11 is 2.20. The van der Waals surface area contributed by atoms with Crippen LogP contribution in [0.15, 0.2) is 21.8 Å². The van der Waals surface area contributed by atoms with Gasteiger partial charge in [0.05, 0.1) is 4.11 Å². The number of carbonyl (C=O) groups excluding carboxylic acids is 2. The predicted molar refractivity (Wildman–Crippen MR) is 130 cm³/mol. The maximum Gasteiger partial charge on any atom is 0.352 e. The summed E-state index contributed by atoms with van der Waals surface area (Å²) in [5.74, 6) is -3.54. The van der Waals surface area contributed by atoms with Gasteiger partial charge in [-0.2, -0.15) is 0 Å². The van der Waals surface area contributed by atoms with E-state index in [0.717, 1.165) is 16.2 Å². The predicted octanol–water partition coefficient (Wildman–Crippen LogP) is -0.392. The third-order valence-electron chi connectivity index (χ3n) is 4.53. The number of carboxylic acids is 2. The molecule has 1 aromatic heterocycles. The zero-order valence-corrected chi connectivity index (χ0v) is 20.3. The van der Waals surface area contributed by atoms with Crippen LogP contribution in [0.4, 0.5) is 5.13 Å². The van der Waals surface area contributed by atoms with Gasteiger partial charge in [-0.15, -0.1) is 23.1 Å². The minimum atomic E-state index is -2.94. The lowest BCUT2D eigenvalue weighted by Gasteiger charge is -2.49. The Morgan fingerprint density at radius 3 is 2.85 bits per heavy atom. The SMILES string of the molecule is [2H]C([2H])([2H])O/N=C(/C(=O)N[C@@H]1C(=O)N2C(C(=O)O)=C(CSSC[C@H](N)C(=O)O)CS[C@H]12)c1csc(N)n1. The van der Waals surface area contributed by atoms with Crippen molar-refractivity contribution in [2.75, 3.05) is 30.0 Å². The lowest BCUT2D eigenvalue weighted by Crippen LogP contribution is -2.71. The van der Waals surface area contributed by atoms with E-state index in [1.807, 2.05) is 0 Å². The van der Waals surface area contributed by atoms with Crippen LogP contribution in [-0.4, -0.2) is 91.3 Å². The minimum Gasteiger partial charge on any atom is -0.480 e. The third kappa shape index (κ3) is 5.60. The van der Waals surface area contributed by atoms with Gasteiger partial charge in [-0.3, -0.25) is 19.3 Å². The highest BCUT2D eigenvalue weighted by Crippen LogP contribution is 2.42. The number of oxime groups is 1. The molecule has 1 aromatic rings. The smallest absolute Gasteiger partial charge is 0.352 e. The second kappa shape index (κ2) is 11.3. The molecule has 184 valence electrons. The summed E-state index contributed by atoms with van der Waals surface area (Å²) in [6.45, 7) is 0. The molecule has 2 amide bonds. The van der Waals surface area contributed by atoms with Crippen LogP contribution in [0.3, 0.4) is 0 Å². The van der Waals surface area contributed by atoms with Crippen LogP contribution in [0.2, 0.25) is 0 Å². The monoisotopic (exact) mass is 551 g/mol. The Morgan fingerprint density at radius 2 is 2.24 bits per heavy atom. The number of hydrogen-bond acceptors (Lipinski definition) is 13.